The molecule has 3 rings (SSSR count). The minimum atomic E-state index is 0.152. The smallest absolute Gasteiger partial charge is 0.165 e. The monoisotopic (exact) mass is 282 g/mol. The number of ketones is 1. The molecule has 2 aromatic carbocycles. The maximum atomic E-state index is 12.0. The van der Waals surface area contributed by atoms with Crippen LogP contribution < -0.4 is 4.74 Å². The molecule has 0 amide bonds. The largest absolute Gasteiger partial charge is 0.489 e. The lowest BCUT2D eigenvalue weighted by Gasteiger charge is -2.15. The van der Waals surface area contributed by atoms with Crippen molar-refractivity contribution in [3.05, 3.63) is 65.2 Å². The van der Waals surface area contributed by atoms with Crippen molar-refractivity contribution >= 4 is 5.78 Å². The molecule has 0 bridgehead atoms. The highest BCUT2D eigenvalue weighted by atomic mass is 16.5. The number of carbonyl (C=O) groups is 1. The molecule has 0 fully saturated rings. The van der Waals surface area contributed by atoms with Crippen LogP contribution in [0, 0.1) is 0 Å². The van der Waals surface area contributed by atoms with E-state index in [1.165, 1.54) is 0 Å². The van der Waals surface area contributed by atoms with Gasteiger partial charge in [-0.25, -0.2) is 0 Å². The second kappa shape index (κ2) is 6.55. The zero-order valence-electron chi connectivity index (χ0n) is 11.9. The highest BCUT2D eigenvalue weighted by Crippen LogP contribution is 2.22. The molecular formula is C18H18O3. The van der Waals surface area contributed by atoms with E-state index in [9.17, 15) is 4.79 Å². The summed E-state index contributed by atoms with van der Waals surface area (Å²) in [6, 6.07) is 15.8. The van der Waals surface area contributed by atoms with Gasteiger partial charge in [0.15, 0.2) is 5.78 Å². The third-order valence-electron chi connectivity index (χ3n) is 3.61. The van der Waals surface area contributed by atoms with Crippen molar-refractivity contribution < 1.29 is 14.3 Å². The second-order valence-electron chi connectivity index (χ2n) is 5.13. The van der Waals surface area contributed by atoms with Gasteiger partial charge < -0.3 is 9.47 Å². The molecule has 0 unspecified atom stereocenters. The minimum absolute atomic E-state index is 0.152. The quantitative estimate of drug-likeness (QED) is 0.865. The van der Waals surface area contributed by atoms with E-state index in [0.29, 0.717) is 26.2 Å². The Balaban J connectivity index is 1.75. The summed E-state index contributed by atoms with van der Waals surface area (Å²) in [5, 5.41) is 0. The van der Waals surface area contributed by atoms with Crippen molar-refractivity contribution in [2.24, 2.45) is 0 Å². The molecule has 1 heterocycles. The van der Waals surface area contributed by atoms with E-state index in [4.69, 9.17) is 9.47 Å². The van der Waals surface area contributed by atoms with Crippen LogP contribution in [0.25, 0.3) is 0 Å². The average molecular weight is 282 g/mol. The normalized spacial score (nSPS) is 15.0. The summed E-state index contributed by atoms with van der Waals surface area (Å²) in [6.07, 6.45) is 1.21. The van der Waals surface area contributed by atoms with Crippen molar-refractivity contribution in [3.63, 3.8) is 0 Å². The molecule has 0 atom stereocenters. The summed E-state index contributed by atoms with van der Waals surface area (Å²) in [4.78, 5) is 12.0. The lowest BCUT2D eigenvalue weighted by atomic mass is 9.98. The van der Waals surface area contributed by atoms with E-state index >= 15 is 0 Å². The highest BCUT2D eigenvalue weighted by Gasteiger charge is 2.15. The predicted molar refractivity (Wildman–Crippen MR) is 80.7 cm³/mol. The third-order valence-corrected chi connectivity index (χ3v) is 3.61. The minimum Gasteiger partial charge on any atom is -0.489 e. The van der Waals surface area contributed by atoms with Crippen molar-refractivity contribution in [1.82, 2.24) is 0 Å². The van der Waals surface area contributed by atoms with Crippen LogP contribution in [0.3, 0.4) is 0 Å². The van der Waals surface area contributed by atoms with Gasteiger partial charge in [-0.2, -0.15) is 0 Å². The van der Waals surface area contributed by atoms with E-state index in [0.717, 1.165) is 28.9 Å². The van der Waals surface area contributed by atoms with Gasteiger partial charge in [0.05, 0.1) is 13.2 Å². The Bertz CT molecular complexity index is 620. The molecule has 3 heteroatoms. The summed E-state index contributed by atoms with van der Waals surface area (Å²) in [7, 11) is 0. The second-order valence-corrected chi connectivity index (χ2v) is 5.13. The molecular weight excluding hydrogens is 264 g/mol. The molecule has 0 spiro atoms. The topological polar surface area (TPSA) is 35.5 Å². The van der Waals surface area contributed by atoms with E-state index < -0.39 is 0 Å². The number of benzene rings is 2. The van der Waals surface area contributed by atoms with Crippen LogP contribution in [0.5, 0.6) is 5.75 Å². The fraction of sp³-hybridized carbons (Fsp3) is 0.278. The zero-order valence-corrected chi connectivity index (χ0v) is 11.9. The molecule has 0 N–H and O–H groups in total. The van der Waals surface area contributed by atoms with Crippen LogP contribution in [0.15, 0.2) is 48.5 Å². The lowest BCUT2D eigenvalue weighted by Crippen LogP contribution is -2.14. The molecule has 0 saturated heterocycles. The summed E-state index contributed by atoms with van der Waals surface area (Å²) in [6.45, 7) is 1.71. The Hall–Kier alpha value is -2.13. The molecule has 1 aliphatic rings. The average Bonchev–Trinajstić information content (AvgIpc) is 2.51. The molecule has 1 aliphatic heterocycles. The SMILES string of the molecule is O=C1CCOCCc2cc(OCc3ccccc3)ccc21. The van der Waals surface area contributed by atoms with Gasteiger partial charge in [-0.05, 0) is 35.7 Å². The van der Waals surface area contributed by atoms with Gasteiger partial charge in [0.25, 0.3) is 0 Å². The number of Topliss-reactive ketones (excluding diaryl/α,β-unsaturated/α-hetero) is 1. The van der Waals surface area contributed by atoms with Gasteiger partial charge >= 0.3 is 0 Å². The highest BCUT2D eigenvalue weighted by molar-refractivity contribution is 5.97. The van der Waals surface area contributed by atoms with Gasteiger partial charge in [-0.1, -0.05) is 30.3 Å². The van der Waals surface area contributed by atoms with Crippen molar-refractivity contribution in [2.45, 2.75) is 19.4 Å². The van der Waals surface area contributed by atoms with Crippen LogP contribution in [-0.4, -0.2) is 19.0 Å². The molecule has 21 heavy (non-hydrogen) atoms. The fourth-order valence-electron chi connectivity index (χ4n) is 2.46. The van der Waals surface area contributed by atoms with Crippen LogP contribution in [0.1, 0.15) is 27.9 Å². The van der Waals surface area contributed by atoms with E-state index in [2.05, 4.69) is 0 Å². The zero-order chi connectivity index (χ0) is 14.5. The van der Waals surface area contributed by atoms with Crippen molar-refractivity contribution in [1.29, 1.82) is 0 Å². The molecule has 0 saturated carbocycles. The number of ether oxygens (including phenoxy) is 2. The first-order valence-electron chi connectivity index (χ1n) is 7.23. The lowest BCUT2D eigenvalue weighted by molar-refractivity contribution is 0.0860. The number of hydrogen-bond donors (Lipinski definition) is 0. The summed E-state index contributed by atoms with van der Waals surface area (Å²) in [5.74, 6) is 0.949. The number of rotatable bonds is 3. The standard InChI is InChI=1S/C18H18O3/c19-18-9-11-20-10-8-15-12-16(6-7-17(15)18)21-13-14-4-2-1-3-5-14/h1-7,12H,8-11,13H2. The van der Waals surface area contributed by atoms with Gasteiger partial charge in [-0.15, -0.1) is 0 Å². The van der Waals surface area contributed by atoms with Gasteiger partial charge in [-0.3, -0.25) is 4.79 Å². The Morgan fingerprint density at radius 2 is 1.81 bits per heavy atom. The van der Waals surface area contributed by atoms with Crippen LogP contribution in [0.4, 0.5) is 0 Å². The van der Waals surface area contributed by atoms with E-state index in [-0.39, 0.29) is 5.78 Å². The maximum Gasteiger partial charge on any atom is 0.165 e. The van der Waals surface area contributed by atoms with Crippen molar-refractivity contribution in [3.8, 4) is 5.75 Å². The van der Waals surface area contributed by atoms with Gasteiger partial charge in [0.2, 0.25) is 0 Å². The predicted octanol–water partition coefficient (Wildman–Crippen LogP) is 3.41. The Morgan fingerprint density at radius 3 is 2.67 bits per heavy atom. The number of carbonyl (C=O) groups excluding carboxylic acids is 1. The fourth-order valence-corrected chi connectivity index (χ4v) is 2.46. The Labute approximate surface area is 124 Å². The summed E-state index contributed by atoms with van der Waals surface area (Å²) >= 11 is 0. The Kier molecular flexibility index (Phi) is 4.31. The van der Waals surface area contributed by atoms with Crippen LogP contribution >= 0.6 is 0 Å². The van der Waals surface area contributed by atoms with Crippen LogP contribution in [-0.2, 0) is 17.8 Å². The molecule has 108 valence electrons. The first kappa shape index (κ1) is 13.8. The Morgan fingerprint density at radius 1 is 1.00 bits per heavy atom. The summed E-state index contributed by atoms with van der Waals surface area (Å²) < 4.78 is 11.2. The summed E-state index contributed by atoms with van der Waals surface area (Å²) in [5.41, 5.74) is 2.96. The molecule has 0 aliphatic carbocycles. The molecule has 2 aromatic rings. The molecule has 0 radical (unpaired) electrons. The van der Waals surface area contributed by atoms with E-state index in [1.807, 2.05) is 48.5 Å². The number of hydrogen-bond acceptors (Lipinski definition) is 3. The van der Waals surface area contributed by atoms with Gasteiger partial charge in [0, 0.05) is 12.0 Å². The maximum absolute atomic E-state index is 12.0. The number of fused-ring (bicyclic) bond motifs is 1. The molecule has 0 aromatic heterocycles. The van der Waals surface area contributed by atoms with Crippen molar-refractivity contribution in [2.75, 3.05) is 13.2 Å². The first-order valence-corrected chi connectivity index (χ1v) is 7.23. The first-order chi connectivity index (χ1) is 10.3. The van der Waals surface area contributed by atoms with E-state index in [1.54, 1.807) is 0 Å². The molecule has 3 nitrogen and oxygen atoms in total. The van der Waals surface area contributed by atoms with Gasteiger partial charge in [0.1, 0.15) is 12.4 Å². The van der Waals surface area contributed by atoms with Crippen LogP contribution in [0.2, 0.25) is 0 Å². The third kappa shape index (κ3) is 3.50.